The number of hydrogen-bond acceptors (Lipinski definition) is 5. The smallest absolute Gasteiger partial charge is 0.0889 e. The van der Waals surface area contributed by atoms with Crippen LogP contribution in [0.15, 0.2) is 18.2 Å². The summed E-state index contributed by atoms with van der Waals surface area (Å²) in [6.07, 6.45) is 0. The van der Waals surface area contributed by atoms with Crippen molar-refractivity contribution in [2.24, 2.45) is 0 Å². The molecule has 0 fully saturated rings. The van der Waals surface area contributed by atoms with E-state index >= 15 is 0 Å². The van der Waals surface area contributed by atoms with Crippen LogP contribution in [0.25, 0.3) is 0 Å². The van der Waals surface area contributed by atoms with Gasteiger partial charge in [0.2, 0.25) is 0 Å². The van der Waals surface area contributed by atoms with Gasteiger partial charge in [-0.1, -0.05) is 13.0 Å². The SMILES string of the molecule is CCNCc1cccc(COCCOCCOC)n1. The molecule has 0 atom stereocenters. The molecular formula is C14H24N2O3. The first kappa shape index (κ1) is 16.0. The predicted molar refractivity (Wildman–Crippen MR) is 74.0 cm³/mol. The summed E-state index contributed by atoms with van der Waals surface area (Å²) in [6, 6.07) is 5.99. The largest absolute Gasteiger partial charge is 0.382 e. The molecule has 0 unspecified atom stereocenters. The van der Waals surface area contributed by atoms with Gasteiger partial charge in [0.05, 0.1) is 44.4 Å². The zero-order chi connectivity index (χ0) is 13.8. The number of rotatable bonds is 11. The molecule has 19 heavy (non-hydrogen) atoms. The molecule has 5 nitrogen and oxygen atoms in total. The minimum absolute atomic E-state index is 0.521. The lowest BCUT2D eigenvalue weighted by Gasteiger charge is -2.07. The first-order valence-corrected chi connectivity index (χ1v) is 6.66. The second-order valence-electron chi connectivity index (χ2n) is 4.06. The first-order valence-electron chi connectivity index (χ1n) is 6.66. The molecule has 1 aromatic rings. The van der Waals surface area contributed by atoms with Crippen LogP contribution in [0.4, 0.5) is 0 Å². The zero-order valence-corrected chi connectivity index (χ0v) is 11.9. The van der Waals surface area contributed by atoms with Crippen molar-refractivity contribution in [2.45, 2.75) is 20.1 Å². The van der Waals surface area contributed by atoms with E-state index in [0.717, 1.165) is 24.5 Å². The molecule has 0 aliphatic rings. The quantitative estimate of drug-likeness (QED) is 0.614. The van der Waals surface area contributed by atoms with Gasteiger partial charge in [-0.05, 0) is 18.7 Å². The van der Waals surface area contributed by atoms with Gasteiger partial charge in [0, 0.05) is 13.7 Å². The molecule has 0 bridgehead atoms. The summed E-state index contributed by atoms with van der Waals surface area (Å²) in [4.78, 5) is 4.51. The Morgan fingerprint density at radius 2 is 1.79 bits per heavy atom. The minimum Gasteiger partial charge on any atom is -0.382 e. The van der Waals surface area contributed by atoms with E-state index in [1.165, 1.54) is 0 Å². The van der Waals surface area contributed by atoms with E-state index in [-0.39, 0.29) is 0 Å². The molecule has 0 amide bonds. The Kier molecular flexibility index (Phi) is 9.18. The standard InChI is InChI=1S/C14H24N2O3/c1-3-15-11-13-5-4-6-14(16-13)12-19-10-9-18-8-7-17-2/h4-6,15H,3,7-12H2,1-2H3. The Hall–Kier alpha value is -1.01. The number of aromatic nitrogens is 1. The van der Waals surface area contributed by atoms with Crippen molar-refractivity contribution < 1.29 is 14.2 Å². The number of ether oxygens (including phenoxy) is 3. The molecule has 1 N–H and O–H groups in total. The molecule has 108 valence electrons. The van der Waals surface area contributed by atoms with Crippen LogP contribution in [0.5, 0.6) is 0 Å². The van der Waals surface area contributed by atoms with Gasteiger partial charge in [-0.15, -0.1) is 0 Å². The Morgan fingerprint density at radius 1 is 1.05 bits per heavy atom. The summed E-state index contributed by atoms with van der Waals surface area (Å²) in [7, 11) is 1.66. The molecule has 0 spiro atoms. The van der Waals surface area contributed by atoms with Gasteiger partial charge in [0.15, 0.2) is 0 Å². The van der Waals surface area contributed by atoms with Crippen molar-refractivity contribution in [1.82, 2.24) is 10.3 Å². The van der Waals surface area contributed by atoms with Crippen LogP contribution in [-0.2, 0) is 27.4 Å². The zero-order valence-electron chi connectivity index (χ0n) is 11.9. The molecule has 0 radical (unpaired) electrons. The van der Waals surface area contributed by atoms with E-state index in [0.29, 0.717) is 33.0 Å². The number of hydrogen-bond donors (Lipinski definition) is 1. The summed E-state index contributed by atoms with van der Waals surface area (Å²) < 4.78 is 15.7. The molecule has 0 aliphatic heterocycles. The van der Waals surface area contributed by atoms with Crippen molar-refractivity contribution in [3.8, 4) is 0 Å². The average Bonchev–Trinajstić information content (AvgIpc) is 2.44. The Labute approximate surface area is 115 Å². The highest BCUT2D eigenvalue weighted by molar-refractivity contribution is 5.10. The van der Waals surface area contributed by atoms with Gasteiger partial charge in [-0.25, -0.2) is 0 Å². The molecule has 0 aromatic carbocycles. The average molecular weight is 268 g/mol. The highest BCUT2D eigenvalue weighted by atomic mass is 16.5. The second kappa shape index (κ2) is 10.9. The lowest BCUT2D eigenvalue weighted by Crippen LogP contribution is -2.13. The lowest BCUT2D eigenvalue weighted by atomic mass is 10.3. The van der Waals surface area contributed by atoms with E-state index in [2.05, 4.69) is 17.2 Å². The molecule has 1 aromatic heterocycles. The highest BCUT2D eigenvalue weighted by Gasteiger charge is 1.98. The Morgan fingerprint density at radius 3 is 2.58 bits per heavy atom. The highest BCUT2D eigenvalue weighted by Crippen LogP contribution is 2.01. The maximum absolute atomic E-state index is 5.51. The Balaban J connectivity index is 2.14. The van der Waals surface area contributed by atoms with Crippen LogP contribution in [-0.4, -0.2) is 45.1 Å². The third-order valence-electron chi connectivity index (χ3n) is 2.47. The second-order valence-corrected chi connectivity index (χ2v) is 4.06. The van der Waals surface area contributed by atoms with E-state index in [1.807, 2.05) is 18.2 Å². The van der Waals surface area contributed by atoms with Crippen LogP contribution >= 0.6 is 0 Å². The molecule has 0 aliphatic carbocycles. The normalized spacial score (nSPS) is 10.8. The summed E-state index contributed by atoms with van der Waals surface area (Å²) >= 11 is 0. The fraction of sp³-hybridized carbons (Fsp3) is 0.643. The first-order chi connectivity index (χ1) is 9.36. The lowest BCUT2D eigenvalue weighted by molar-refractivity contribution is 0.0192. The summed E-state index contributed by atoms with van der Waals surface area (Å²) in [5.41, 5.74) is 1.99. The van der Waals surface area contributed by atoms with Gasteiger partial charge >= 0.3 is 0 Å². The topological polar surface area (TPSA) is 52.6 Å². The van der Waals surface area contributed by atoms with Gasteiger partial charge < -0.3 is 19.5 Å². The summed E-state index contributed by atoms with van der Waals surface area (Å²) in [5, 5.41) is 3.25. The fourth-order valence-electron chi connectivity index (χ4n) is 1.50. The van der Waals surface area contributed by atoms with Crippen molar-refractivity contribution in [3.05, 3.63) is 29.6 Å². The van der Waals surface area contributed by atoms with Crippen molar-refractivity contribution in [2.75, 3.05) is 40.1 Å². The van der Waals surface area contributed by atoms with E-state index in [9.17, 15) is 0 Å². The number of methoxy groups -OCH3 is 1. The molecule has 1 rings (SSSR count). The van der Waals surface area contributed by atoms with Crippen LogP contribution in [0.1, 0.15) is 18.3 Å². The van der Waals surface area contributed by atoms with Crippen molar-refractivity contribution in [1.29, 1.82) is 0 Å². The van der Waals surface area contributed by atoms with Gasteiger partial charge in [0.1, 0.15) is 0 Å². The van der Waals surface area contributed by atoms with Crippen LogP contribution in [0.3, 0.4) is 0 Å². The van der Waals surface area contributed by atoms with Gasteiger partial charge in [0.25, 0.3) is 0 Å². The number of pyridine rings is 1. The van der Waals surface area contributed by atoms with Crippen LogP contribution in [0, 0.1) is 0 Å². The molecule has 0 saturated carbocycles. The van der Waals surface area contributed by atoms with Crippen molar-refractivity contribution in [3.63, 3.8) is 0 Å². The molecule has 0 saturated heterocycles. The summed E-state index contributed by atoms with van der Waals surface area (Å²) in [6.45, 7) is 6.73. The van der Waals surface area contributed by atoms with Gasteiger partial charge in [-0.2, -0.15) is 0 Å². The molecular weight excluding hydrogens is 244 g/mol. The maximum atomic E-state index is 5.51. The fourth-order valence-corrected chi connectivity index (χ4v) is 1.50. The van der Waals surface area contributed by atoms with E-state index in [1.54, 1.807) is 7.11 Å². The third-order valence-corrected chi connectivity index (χ3v) is 2.47. The Bertz CT molecular complexity index is 334. The van der Waals surface area contributed by atoms with Gasteiger partial charge in [-0.3, -0.25) is 4.98 Å². The minimum atomic E-state index is 0.521. The van der Waals surface area contributed by atoms with E-state index in [4.69, 9.17) is 14.2 Å². The van der Waals surface area contributed by atoms with E-state index < -0.39 is 0 Å². The maximum Gasteiger partial charge on any atom is 0.0889 e. The van der Waals surface area contributed by atoms with Crippen molar-refractivity contribution >= 4 is 0 Å². The summed E-state index contributed by atoms with van der Waals surface area (Å²) in [5.74, 6) is 0. The number of nitrogens with one attached hydrogen (secondary N) is 1. The molecule has 1 heterocycles. The van der Waals surface area contributed by atoms with Crippen LogP contribution < -0.4 is 5.32 Å². The molecule has 5 heteroatoms. The monoisotopic (exact) mass is 268 g/mol. The predicted octanol–water partition coefficient (Wildman–Crippen LogP) is 1.37. The number of nitrogens with zero attached hydrogens (tertiary/aromatic N) is 1. The van der Waals surface area contributed by atoms with Crippen LogP contribution in [0.2, 0.25) is 0 Å². The third kappa shape index (κ3) is 7.89.